The van der Waals surface area contributed by atoms with Crippen molar-refractivity contribution in [1.82, 2.24) is 4.90 Å². The van der Waals surface area contributed by atoms with Gasteiger partial charge in [0.2, 0.25) is 0 Å². The lowest BCUT2D eigenvalue weighted by atomic mass is 9.84. The van der Waals surface area contributed by atoms with E-state index >= 15 is 0 Å². The van der Waals surface area contributed by atoms with Crippen LogP contribution in [-0.2, 0) is 30.3 Å². The minimum absolute atomic E-state index is 0.173. The number of hydrogen-bond donors (Lipinski definition) is 1. The third-order valence-electron chi connectivity index (χ3n) is 7.66. The van der Waals surface area contributed by atoms with E-state index in [1.165, 1.54) is 0 Å². The number of rotatable bonds is 8. The Hall–Kier alpha value is -3.37. The van der Waals surface area contributed by atoms with Crippen molar-refractivity contribution >= 4 is 16.9 Å². The largest absolute Gasteiger partial charge is 0.508 e. The second-order valence-electron chi connectivity index (χ2n) is 12.7. The molecule has 2 heterocycles. The van der Waals surface area contributed by atoms with Crippen LogP contribution >= 0.6 is 0 Å². The van der Waals surface area contributed by atoms with Gasteiger partial charge in [-0.3, -0.25) is 0 Å². The Balaban J connectivity index is 1.44. The number of hydrogen-bond acceptors (Lipinski definition) is 8. The summed E-state index contributed by atoms with van der Waals surface area (Å²) < 4.78 is 36.4. The first-order valence-corrected chi connectivity index (χ1v) is 14.8. The number of amides is 1. The van der Waals surface area contributed by atoms with Crippen LogP contribution in [0.5, 0.6) is 11.5 Å². The standard InChI is InChI=1S/C34H43NO8/c1-33(2,3)43-32(37)35-17-29(39-19-22-15-24-9-7-8-10-27(24)28(16-22)38-6)31(23-11-13-25(36)14-12-23)30(18-35)40-20-26-21-41-34(4,5)42-26/h7-16,26,29-31,36H,17-21H2,1-6H3/t26-,29-,30-,31+/m0/s1. The van der Waals surface area contributed by atoms with E-state index in [0.29, 0.717) is 32.9 Å². The molecule has 0 radical (unpaired) electrons. The molecule has 3 aromatic rings. The number of benzene rings is 3. The van der Waals surface area contributed by atoms with Crippen LogP contribution < -0.4 is 4.74 Å². The Labute approximate surface area is 253 Å². The zero-order valence-corrected chi connectivity index (χ0v) is 25.9. The monoisotopic (exact) mass is 593 g/mol. The van der Waals surface area contributed by atoms with Crippen LogP contribution in [0.2, 0.25) is 0 Å². The van der Waals surface area contributed by atoms with Crippen LogP contribution in [0.25, 0.3) is 10.8 Å². The van der Waals surface area contributed by atoms with Crippen molar-refractivity contribution in [2.75, 3.05) is 33.4 Å². The third-order valence-corrected chi connectivity index (χ3v) is 7.66. The second kappa shape index (κ2) is 12.7. The number of phenols is 1. The quantitative estimate of drug-likeness (QED) is 0.339. The number of methoxy groups -OCH3 is 1. The van der Waals surface area contributed by atoms with E-state index in [9.17, 15) is 9.90 Å². The summed E-state index contributed by atoms with van der Waals surface area (Å²) >= 11 is 0. The third kappa shape index (κ3) is 7.78. The van der Waals surface area contributed by atoms with Crippen LogP contribution in [-0.4, -0.2) is 79.2 Å². The molecule has 43 heavy (non-hydrogen) atoms. The summed E-state index contributed by atoms with van der Waals surface area (Å²) in [5, 5.41) is 12.1. The summed E-state index contributed by atoms with van der Waals surface area (Å²) in [6, 6.07) is 19.2. The van der Waals surface area contributed by atoms with Crippen LogP contribution in [0.4, 0.5) is 4.79 Å². The first-order chi connectivity index (χ1) is 20.4. The Kier molecular flexibility index (Phi) is 9.18. The van der Waals surface area contributed by atoms with Crippen molar-refractivity contribution in [2.45, 2.75) is 76.8 Å². The molecule has 2 aliphatic rings. The maximum absolute atomic E-state index is 13.3. The topological polar surface area (TPSA) is 95.9 Å². The Morgan fingerprint density at radius 3 is 2.37 bits per heavy atom. The fourth-order valence-electron chi connectivity index (χ4n) is 5.76. The number of ether oxygens (including phenoxy) is 6. The zero-order valence-electron chi connectivity index (χ0n) is 25.9. The molecule has 0 saturated carbocycles. The zero-order chi connectivity index (χ0) is 30.8. The summed E-state index contributed by atoms with van der Waals surface area (Å²) in [6.07, 6.45) is -1.54. The van der Waals surface area contributed by atoms with Crippen molar-refractivity contribution in [2.24, 2.45) is 0 Å². The van der Waals surface area contributed by atoms with E-state index in [4.69, 9.17) is 28.4 Å². The molecule has 0 bridgehead atoms. The van der Waals surface area contributed by atoms with Crippen LogP contribution in [0, 0.1) is 0 Å². The average Bonchev–Trinajstić information content (AvgIpc) is 3.32. The number of nitrogens with zero attached hydrogens (tertiary/aromatic N) is 1. The van der Waals surface area contributed by atoms with Gasteiger partial charge in [0.1, 0.15) is 23.2 Å². The maximum Gasteiger partial charge on any atom is 0.410 e. The predicted molar refractivity (Wildman–Crippen MR) is 162 cm³/mol. The van der Waals surface area contributed by atoms with Gasteiger partial charge in [0.25, 0.3) is 0 Å². The molecule has 5 rings (SSSR count). The molecule has 9 nitrogen and oxygen atoms in total. The molecule has 1 N–H and O–H groups in total. The van der Waals surface area contributed by atoms with Gasteiger partial charge in [-0.2, -0.15) is 0 Å². The molecule has 2 fully saturated rings. The number of carbonyl (C=O) groups excluding carboxylic acids is 1. The minimum Gasteiger partial charge on any atom is -0.508 e. The lowest BCUT2D eigenvalue weighted by Gasteiger charge is -2.44. The Morgan fingerprint density at radius 1 is 1.02 bits per heavy atom. The van der Waals surface area contributed by atoms with Gasteiger partial charge < -0.3 is 38.4 Å². The van der Waals surface area contributed by atoms with Gasteiger partial charge in [-0.15, -0.1) is 0 Å². The molecule has 0 aromatic heterocycles. The van der Waals surface area contributed by atoms with Gasteiger partial charge in [0.05, 0.1) is 52.2 Å². The predicted octanol–water partition coefficient (Wildman–Crippen LogP) is 6.01. The molecule has 0 unspecified atom stereocenters. The fourth-order valence-corrected chi connectivity index (χ4v) is 5.76. The van der Waals surface area contributed by atoms with E-state index in [0.717, 1.165) is 27.6 Å². The molecule has 9 heteroatoms. The van der Waals surface area contributed by atoms with Gasteiger partial charge in [-0.05, 0) is 75.4 Å². The van der Waals surface area contributed by atoms with Crippen molar-refractivity contribution < 1.29 is 38.3 Å². The molecule has 3 aromatic carbocycles. The van der Waals surface area contributed by atoms with Gasteiger partial charge in [-0.25, -0.2) is 4.79 Å². The number of piperidine rings is 1. The van der Waals surface area contributed by atoms with Crippen molar-refractivity contribution in [3.63, 3.8) is 0 Å². The molecule has 2 aliphatic heterocycles. The van der Waals surface area contributed by atoms with E-state index < -0.39 is 29.7 Å². The summed E-state index contributed by atoms with van der Waals surface area (Å²) in [5.41, 5.74) is 1.24. The smallest absolute Gasteiger partial charge is 0.410 e. The van der Waals surface area contributed by atoms with E-state index in [-0.39, 0.29) is 17.8 Å². The normalized spacial score (nSPS) is 23.8. The highest BCUT2D eigenvalue weighted by molar-refractivity contribution is 5.89. The summed E-state index contributed by atoms with van der Waals surface area (Å²) in [7, 11) is 1.66. The SMILES string of the molecule is COc1cc(CO[C@H]2CN(C(=O)OC(C)(C)C)C[C@H](OC[C@H]3COC(C)(C)O3)[C@@H]2c2ccc(O)cc2)cc2ccccc12. The fraction of sp³-hybridized carbons (Fsp3) is 0.500. The highest BCUT2D eigenvalue weighted by Gasteiger charge is 2.43. The van der Waals surface area contributed by atoms with Crippen LogP contribution in [0.15, 0.2) is 60.7 Å². The van der Waals surface area contributed by atoms with Gasteiger partial charge >= 0.3 is 6.09 Å². The molecule has 0 aliphatic carbocycles. The average molecular weight is 594 g/mol. The molecule has 232 valence electrons. The molecule has 1 amide bonds. The lowest BCUT2D eigenvalue weighted by Crippen LogP contribution is -2.55. The molecule has 0 spiro atoms. The van der Waals surface area contributed by atoms with Crippen molar-refractivity contribution in [3.05, 3.63) is 71.8 Å². The Bertz CT molecular complexity index is 1400. The van der Waals surface area contributed by atoms with E-state index in [1.54, 1.807) is 24.1 Å². The van der Waals surface area contributed by atoms with E-state index in [1.807, 2.05) is 77.1 Å². The van der Waals surface area contributed by atoms with Crippen molar-refractivity contribution in [3.8, 4) is 11.5 Å². The number of carbonyl (C=O) groups is 1. The molecular formula is C34H43NO8. The van der Waals surface area contributed by atoms with Gasteiger partial charge in [0.15, 0.2) is 5.79 Å². The van der Waals surface area contributed by atoms with Crippen molar-refractivity contribution in [1.29, 1.82) is 0 Å². The number of phenolic OH excluding ortho intramolecular Hbond substituents is 1. The lowest BCUT2D eigenvalue weighted by molar-refractivity contribution is -0.154. The number of aromatic hydroxyl groups is 1. The number of fused-ring (bicyclic) bond motifs is 1. The van der Waals surface area contributed by atoms with Gasteiger partial charge in [-0.1, -0.05) is 36.4 Å². The van der Waals surface area contributed by atoms with Crippen LogP contribution in [0.3, 0.4) is 0 Å². The first kappa shape index (κ1) is 31.1. The minimum atomic E-state index is -0.675. The highest BCUT2D eigenvalue weighted by atomic mass is 16.7. The molecule has 4 atom stereocenters. The Morgan fingerprint density at radius 2 is 1.72 bits per heavy atom. The summed E-state index contributed by atoms with van der Waals surface area (Å²) in [6.45, 7) is 10.9. The number of likely N-dealkylation sites (tertiary alicyclic amines) is 1. The van der Waals surface area contributed by atoms with Gasteiger partial charge in [0, 0.05) is 11.3 Å². The summed E-state index contributed by atoms with van der Waals surface area (Å²) in [5.74, 6) is 0.0315. The second-order valence-corrected chi connectivity index (χ2v) is 12.7. The molecular weight excluding hydrogens is 550 g/mol. The van der Waals surface area contributed by atoms with E-state index in [2.05, 4.69) is 6.07 Å². The highest BCUT2D eigenvalue weighted by Crippen LogP contribution is 2.36. The maximum atomic E-state index is 13.3. The first-order valence-electron chi connectivity index (χ1n) is 14.8. The molecule has 2 saturated heterocycles. The van der Waals surface area contributed by atoms with Crippen LogP contribution in [0.1, 0.15) is 51.7 Å². The summed E-state index contributed by atoms with van der Waals surface area (Å²) in [4.78, 5) is 15.0.